The van der Waals surface area contributed by atoms with Gasteiger partial charge in [0.1, 0.15) is 0 Å². The number of nitrogens with one attached hydrogen (secondary N) is 1. The molecule has 1 aliphatic carbocycles. The largest absolute Gasteiger partial charge is 0.331 e. The molecule has 5 heteroatoms. The molecule has 1 aromatic heterocycles. The SMILES string of the molecule is Cc1cc(NN)ccc1C(=O)N(Cc1ccsc1)C1CC1. The predicted octanol–water partition coefficient (Wildman–Crippen LogP) is 3.15. The lowest BCUT2D eigenvalue weighted by atomic mass is 10.1. The average molecular weight is 301 g/mol. The molecule has 0 atom stereocenters. The summed E-state index contributed by atoms with van der Waals surface area (Å²) in [5.41, 5.74) is 6.35. The molecule has 1 heterocycles. The average Bonchev–Trinajstić information content (AvgIpc) is 3.20. The number of anilines is 1. The summed E-state index contributed by atoms with van der Waals surface area (Å²) >= 11 is 1.67. The molecular formula is C16H19N3OS. The van der Waals surface area contributed by atoms with Crippen LogP contribution in [0.4, 0.5) is 5.69 Å². The van der Waals surface area contributed by atoms with Crippen LogP contribution in [0.3, 0.4) is 0 Å². The second-order valence-electron chi connectivity index (χ2n) is 5.47. The Bertz CT molecular complexity index is 635. The number of benzene rings is 1. The number of nitrogens with two attached hydrogens (primary N) is 1. The van der Waals surface area contributed by atoms with Crippen molar-refractivity contribution in [2.45, 2.75) is 32.4 Å². The van der Waals surface area contributed by atoms with E-state index < -0.39 is 0 Å². The highest BCUT2D eigenvalue weighted by Gasteiger charge is 2.33. The maximum absolute atomic E-state index is 12.9. The summed E-state index contributed by atoms with van der Waals surface area (Å²) in [5.74, 6) is 5.52. The van der Waals surface area contributed by atoms with Crippen molar-refractivity contribution < 1.29 is 4.79 Å². The van der Waals surface area contributed by atoms with Gasteiger partial charge in [-0.25, -0.2) is 0 Å². The fourth-order valence-electron chi connectivity index (χ4n) is 2.48. The molecule has 1 aromatic carbocycles. The summed E-state index contributed by atoms with van der Waals surface area (Å²) in [6.07, 6.45) is 2.22. The first-order chi connectivity index (χ1) is 10.2. The summed E-state index contributed by atoms with van der Waals surface area (Å²) in [6, 6.07) is 8.08. The van der Waals surface area contributed by atoms with Gasteiger partial charge in [-0.1, -0.05) is 0 Å². The van der Waals surface area contributed by atoms with Crippen molar-refractivity contribution in [1.29, 1.82) is 0 Å². The van der Waals surface area contributed by atoms with Gasteiger partial charge in [-0.2, -0.15) is 11.3 Å². The Balaban J connectivity index is 1.84. The quantitative estimate of drug-likeness (QED) is 0.659. The van der Waals surface area contributed by atoms with Gasteiger partial charge in [0, 0.05) is 23.8 Å². The van der Waals surface area contributed by atoms with Gasteiger partial charge in [-0.15, -0.1) is 0 Å². The third-order valence-corrected chi connectivity index (χ3v) is 4.54. The standard InChI is InChI=1S/C16H19N3OS/c1-11-8-13(18-17)2-5-15(11)16(20)19(14-3-4-14)9-12-6-7-21-10-12/h2,5-8,10,14,18H,3-4,9,17H2,1H3. The van der Waals surface area contributed by atoms with Crippen LogP contribution in [0.15, 0.2) is 35.0 Å². The maximum atomic E-state index is 12.9. The van der Waals surface area contributed by atoms with Gasteiger partial charge in [-0.05, 0) is 65.9 Å². The molecule has 3 N–H and O–H groups in total. The van der Waals surface area contributed by atoms with Crippen LogP contribution in [-0.4, -0.2) is 16.8 Å². The molecule has 0 aliphatic heterocycles. The molecule has 1 saturated carbocycles. The molecule has 3 rings (SSSR count). The van der Waals surface area contributed by atoms with E-state index in [0.717, 1.165) is 29.7 Å². The van der Waals surface area contributed by atoms with Crippen molar-refractivity contribution >= 4 is 22.9 Å². The molecule has 0 saturated heterocycles. The van der Waals surface area contributed by atoms with E-state index >= 15 is 0 Å². The third-order valence-electron chi connectivity index (χ3n) is 3.81. The second-order valence-corrected chi connectivity index (χ2v) is 6.25. The molecular weight excluding hydrogens is 282 g/mol. The van der Waals surface area contributed by atoms with Gasteiger partial charge < -0.3 is 10.3 Å². The zero-order chi connectivity index (χ0) is 14.8. The van der Waals surface area contributed by atoms with E-state index in [2.05, 4.69) is 22.3 Å². The van der Waals surface area contributed by atoms with Crippen LogP contribution in [0.1, 0.15) is 34.3 Å². The number of nitrogen functional groups attached to an aromatic ring is 1. The van der Waals surface area contributed by atoms with Crippen LogP contribution in [0.2, 0.25) is 0 Å². The minimum atomic E-state index is 0.116. The number of hydrogen-bond donors (Lipinski definition) is 2. The Morgan fingerprint density at radius 3 is 2.81 bits per heavy atom. The van der Waals surface area contributed by atoms with E-state index in [-0.39, 0.29) is 5.91 Å². The zero-order valence-electron chi connectivity index (χ0n) is 12.0. The number of carbonyl (C=O) groups excluding carboxylic acids is 1. The van der Waals surface area contributed by atoms with Gasteiger partial charge in [0.15, 0.2) is 0 Å². The highest BCUT2D eigenvalue weighted by atomic mass is 32.1. The minimum absolute atomic E-state index is 0.116. The topological polar surface area (TPSA) is 58.4 Å². The van der Waals surface area contributed by atoms with E-state index in [1.165, 1.54) is 5.56 Å². The Hall–Kier alpha value is -1.85. The summed E-state index contributed by atoms with van der Waals surface area (Å²) in [6.45, 7) is 2.65. The molecule has 1 amide bonds. The van der Waals surface area contributed by atoms with Crippen LogP contribution in [0.25, 0.3) is 0 Å². The molecule has 4 nitrogen and oxygen atoms in total. The molecule has 110 valence electrons. The van der Waals surface area contributed by atoms with Crippen LogP contribution in [0.5, 0.6) is 0 Å². The van der Waals surface area contributed by atoms with Crippen molar-refractivity contribution in [1.82, 2.24) is 4.90 Å². The first-order valence-corrected chi connectivity index (χ1v) is 8.02. The molecule has 0 unspecified atom stereocenters. The molecule has 1 fully saturated rings. The Morgan fingerprint density at radius 2 is 2.24 bits per heavy atom. The van der Waals surface area contributed by atoms with Crippen molar-refractivity contribution in [2.75, 3.05) is 5.43 Å². The van der Waals surface area contributed by atoms with E-state index in [9.17, 15) is 4.79 Å². The van der Waals surface area contributed by atoms with Crippen molar-refractivity contribution in [3.63, 3.8) is 0 Å². The van der Waals surface area contributed by atoms with Crippen LogP contribution in [0, 0.1) is 6.92 Å². The number of rotatable bonds is 5. The lowest BCUT2D eigenvalue weighted by molar-refractivity contribution is 0.0729. The highest BCUT2D eigenvalue weighted by molar-refractivity contribution is 7.07. The minimum Gasteiger partial charge on any atom is -0.331 e. The van der Waals surface area contributed by atoms with E-state index in [1.54, 1.807) is 11.3 Å². The Kier molecular flexibility index (Phi) is 3.94. The smallest absolute Gasteiger partial charge is 0.254 e. The van der Waals surface area contributed by atoms with Gasteiger partial charge >= 0.3 is 0 Å². The highest BCUT2D eigenvalue weighted by Crippen LogP contribution is 2.31. The third kappa shape index (κ3) is 3.09. The molecule has 0 spiro atoms. The summed E-state index contributed by atoms with van der Waals surface area (Å²) in [4.78, 5) is 14.9. The fourth-order valence-corrected chi connectivity index (χ4v) is 3.14. The van der Waals surface area contributed by atoms with E-state index in [4.69, 9.17) is 5.84 Å². The number of thiophene rings is 1. The summed E-state index contributed by atoms with van der Waals surface area (Å²) in [7, 11) is 0. The van der Waals surface area contributed by atoms with Crippen molar-refractivity contribution in [2.24, 2.45) is 5.84 Å². The number of aryl methyl sites for hydroxylation is 1. The summed E-state index contributed by atoms with van der Waals surface area (Å²) in [5, 5.41) is 4.16. The van der Waals surface area contributed by atoms with Crippen LogP contribution in [-0.2, 0) is 6.54 Å². The number of amides is 1. The predicted molar refractivity (Wildman–Crippen MR) is 86.2 cm³/mol. The van der Waals surface area contributed by atoms with Gasteiger partial charge in [-0.3, -0.25) is 10.6 Å². The first-order valence-electron chi connectivity index (χ1n) is 7.08. The Morgan fingerprint density at radius 1 is 1.43 bits per heavy atom. The van der Waals surface area contributed by atoms with E-state index in [0.29, 0.717) is 12.6 Å². The monoisotopic (exact) mass is 301 g/mol. The van der Waals surface area contributed by atoms with Crippen molar-refractivity contribution in [3.8, 4) is 0 Å². The number of carbonyl (C=O) groups is 1. The van der Waals surface area contributed by atoms with Crippen LogP contribution < -0.4 is 11.3 Å². The molecule has 0 bridgehead atoms. The molecule has 1 aliphatic rings. The van der Waals surface area contributed by atoms with Gasteiger partial charge in [0.2, 0.25) is 0 Å². The molecule has 0 radical (unpaired) electrons. The van der Waals surface area contributed by atoms with Gasteiger partial charge in [0.25, 0.3) is 5.91 Å². The normalized spacial score (nSPS) is 14.0. The number of nitrogens with zero attached hydrogens (tertiary/aromatic N) is 1. The number of hydrazine groups is 1. The zero-order valence-corrected chi connectivity index (χ0v) is 12.8. The molecule has 21 heavy (non-hydrogen) atoms. The van der Waals surface area contributed by atoms with Gasteiger partial charge in [0.05, 0.1) is 0 Å². The van der Waals surface area contributed by atoms with E-state index in [1.807, 2.05) is 30.0 Å². The lowest BCUT2D eigenvalue weighted by Crippen LogP contribution is -2.33. The maximum Gasteiger partial charge on any atom is 0.254 e. The fraction of sp³-hybridized carbons (Fsp3) is 0.312. The Labute approximate surface area is 128 Å². The first kappa shape index (κ1) is 14.1. The number of hydrogen-bond acceptors (Lipinski definition) is 4. The summed E-state index contributed by atoms with van der Waals surface area (Å²) < 4.78 is 0. The van der Waals surface area contributed by atoms with Crippen molar-refractivity contribution in [3.05, 3.63) is 51.7 Å². The molecule has 2 aromatic rings. The lowest BCUT2D eigenvalue weighted by Gasteiger charge is -2.23. The van der Waals surface area contributed by atoms with Crippen LogP contribution >= 0.6 is 11.3 Å². The second kappa shape index (κ2) is 5.87.